The van der Waals surface area contributed by atoms with Crippen LogP contribution in [0.1, 0.15) is 84.5 Å². The molecule has 1 saturated carbocycles. The molecule has 1 aliphatic carbocycles. The molecule has 0 radical (unpaired) electrons. The van der Waals surface area contributed by atoms with Gasteiger partial charge in [0.1, 0.15) is 6.10 Å². The molecule has 2 unspecified atom stereocenters. The number of hydrogen-bond acceptors (Lipinski definition) is 6. The smallest absolute Gasteiger partial charge is 0.306 e. The summed E-state index contributed by atoms with van der Waals surface area (Å²) in [6.45, 7) is 6.06. The summed E-state index contributed by atoms with van der Waals surface area (Å²) in [5.74, 6) is 0.667. The highest BCUT2D eigenvalue weighted by Gasteiger charge is 2.50. The largest absolute Gasteiger partial charge is 0.462 e. The Kier molecular flexibility index (Phi) is 9.04. The lowest BCUT2D eigenvalue weighted by Gasteiger charge is -2.31. The zero-order chi connectivity index (χ0) is 22.3. The average molecular weight is 451 g/mol. The predicted octanol–water partition coefficient (Wildman–Crippen LogP) is 5.14. The van der Waals surface area contributed by atoms with Crippen LogP contribution in [0.15, 0.2) is 12.2 Å². The number of carbonyl (C=O) groups is 1. The zero-order valence-electron chi connectivity index (χ0n) is 19.9. The summed E-state index contributed by atoms with van der Waals surface area (Å²) < 4.78 is 30.2. The highest BCUT2D eigenvalue weighted by molar-refractivity contribution is 5.72. The number of ether oxygens (including phenoxy) is 5. The minimum absolute atomic E-state index is 0.00769. The fraction of sp³-hybridized carbons (Fsp3) is 0.885. The van der Waals surface area contributed by atoms with Crippen LogP contribution >= 0.6 is 0 Å². The van der Waals surface area contributed by atoms with Crippen LogP contribution in [-0.4, -0.2) is 50.1 Å². The van der Waals surface area contributed by atoms with E-state index in [9.17, 15) is 4.79 Å². The Morgan fingerprint density at radius 3 is 2.53 bits per heavy atom. The van der Waals surface area contributed by atoms with E-state index in [4.69, 9.17) is 23.7 Å². The molecule has 0 bridgehead atoms. The van der Waals surface area contributed by atoms with Gasteiger partial charge in [-0.05, 0) is 50.9 Å². The summed E-state index contributed by atoms with van der Waals surface area (Å²) in [7, 11) is 0. The van der Waals surface area contributed by atoms with Crippen molar-refractivity contribution in [2.24, 2.45) is 17.8 Å². The standard InChI is InChI=1S/C26H42O6/c1-3-4-9-18(2)21(31-25-10-5-7-14-28-25)13-12-19-20-16-24(27)30-23(20)17-22(19)32-26-11-6-8-15-29-26/h12-13,18-23,25-26H,3-11,14-17H2,1-2H3/b13-12+/t18-,19-,20-,21-,22-,23+,25?,26?/m1/s1. The van der Waals surface area contributed by atoms with Crippen LogP contribution in [0, 0.1) is 17.8 Å². The van der Waals surface area contributed by atoms with Crippen molar-refractivity contribution >= 4 is 5.97 Å². The maximum absolute atomic E-state index is 12.0. The maximum atomic E-state index is 12.0. The first kappa shape index (κ1) is 24.2. The lowest BCUT2D eigenvalue weighted by atomic mass is 9.89. The molecule has 0 aromatic heterocycles. The SMILES string of the molecule is CCCC[C@@H](C)[C@@H](/C=C/[C@@H]1[C@H]2CC(=O)O[C@H]2C[C@H]1OC1CCCCO1)OC1CCCCO1. The average Bonchev–Trinajstić information content (AvgIpc) is 3.31. The van der Waals surface area contributed by atoms with Crippen molar-refractivity contribution in [3.63, 3.8) is 0 Å². The lowest BCUT2D eigenvalue weighted by molar-refractivity contribution is -0.194. The van der Waals surface area contributed by atoms with Crippen LogP contribution in [0.4, 0.5) is 0 Å². The van der Waals surface area contributed by atoms with E-state index in [1.807, 2.05) is 0 Å². The molecular weight excluding hydrogens is 408 g/mol. The van der Waals surface area contributed by atoms with Crippen LogP contribution < -0.4 is 0 Å². The topological polar surface area (TPSA) is 63.2 Å². The predicted molar refractivity (Wildman–Crippen MR) is 121 cm³/mol. The third kappa shape index (κ3) is 6.34. The Morgan fingerprint density at radius 2 is 1.84 bits per heavy atom. The first-order valence-corrected chi connectivity index (χ1v) is 13.1. The van der Waals surface area contributed by atoms with E-state index < -0.39 is 0 Å². The van der Waals surface area contributed by atoms with Crippen LogP contribution in [0.25, 0.3) is 0 Å². The number of unbranched alkanes of at least 4 members (excludes halogenated alkanes) is 1. The quantitative estimate of drug-likeness (QED) is 0.339. The molecule has 6 heteroatoms. The summed E-state index contributed by atoms with van der Waals surface area (Å²) in [5, 5.41) is 0. The fourth-order valence-corrected chi connectivity index (χ4v) is 5.61. The number of esters is 1. The van der Waals surface area contributed by atoms with Gasteiger partial charge in [-0.25, -0.2) is 0 Å². The van der Waals surface area contributed by atoms with E-state index in [1.54, 1.807) is 0 Å². The van der Waals surface area contributed by atoms with Crippen LogP contribution in [0.5, 0.6) is 0 Å². The van der Waals surface area contributed by atoms with Gasteiger partial charge in [0.2, 0.25) is 0 Å². The van der Waals surface area contributed by atoms with Crippen LogP contribution in [0.2, 0.25) is 0 Å². The Bertz CT molecular complexity index is 609. The fourth-order valence-electron chi connectivity index (χ4n) is 5.61. The van der Waals surface area contributed by atoms with E-state index in [0.717, 1.165) is 64.6 Å². The van der Waals surface area contributed by atoms with Crippen molar-refractivity contribution in [2.45, 2.75) is 115 Å². The molecule has 0 aromatic rings. The Morgan fingerprint density at radius 1 is 1.09 bits per heavy atom. The van der Waals surface area contributed by atoms with Gasteiger partial charge >= 0.3 is 5.97 Å². The van der Waals surface area contributed by atoms with Crippen molar-refractivity contribution in [3.05, 3.63) is 12.2 Å². The first-order chi connectivity index (χ1) is 15.6. The minimum atomic E-state index is -0.134. The summed E-state index contributed by atoms with van der Waals surface area (Å²) in [6, 6.07) is 0. The molecule has 3 aliphatic heterocycles. The molecule has 4 aliphatic rings. The van der Waals surface area contributed by atoms with Crippen molar-refractivity contribution < 1.29 is 28.5 Å². The second kappa shape index (κ2) is 12.0. The molecule has 0 spiro atoms. The third-order valence-corrected chi connectivity index (χ3v) is 7.56. The second-order valence-corrected chi connectivity index (χ2v) is 10.1. The Labute approximate surface area is 193 Å². The van der Waals surface area contributed by atoms with Gasteiger partial charge in [-0.15, -0.1) is 0 Å². The number of rotatable bonds is 10. The van der Waals surface area contributed by atoms with Gasteiger partial charge in [-0.1, -0.05) is 38.8 Å². The van der Waals surface area contributed by atoms with E-state index in [2.05, 4.69) is 26.0 Å². The zero-order valence-corrected chi connectivity index (χ0v) is 19.9. The van der Waals surface area contributed by atoms with Crippen molar-refractivity contribution in [2.75, 3.05) is 13.2 Å². The molecule has 3 heterocycles. The molecular formula is C26H42O6. The number of carbonyl (C=O) groups excluding carboxylic acids is 1. The molecule has 4 fully saturated rings. The van der Waals surface area contributed by atoms with Gasteiger partial charge in [0.15, 0.2) is 12.6 Å². The van der Waals surface area contributed by atoms with E-state index in [0.29, 0.717) is 12.3 Å². The van der Waals surface area contributed by atoms with Gasteiger partial charge in [0, 0.05) is 31.5 Å². The molecule has 0 amide bonds. The second-order valence-electron chi connectivity index (χ2n) is 10.1. The van der Waals surface area contributed by atoms with Crippen molar-refractivity contribution in [3.8, 4) is 0 Å². The van der Waals surface area contributed by atoms with E-state index >= 15 is 0 Å². The minimum Gasteiger partial charge on any atom is -0.462 e. The molecule has 0 N–H and O–H groups in total. The molecule has 8 atom stereocenters. The van der Waals surface area contributed by atoms with Gasteiger partial charge in [0.05, 0.1) is 18.6 Å². The highest BCUT2D eigenvalue weighted by Crippen LogP contribution is 2.44. The molecule has 0 aromatic carbocycles. The monoisotopic (exact) mass is 450 g/mol. The highest BCUT2D eigenvalue weighted by atomic mass is 16.7. The molecule has 6 nitrogen and oxygen atoms in total. The number of hydrogen-bond donors (Lipinski definition) is 0. The Balaban J connectivity index is 1.45. The first-order valence-electron chi connectivity index (χ1n) is 13.1. The Hall–Kier alpha value is -0.950. The number of fused-ring (bicyclic) bond motifs is 1. The van der Waals surface area contributed by atoms with Crippen LogP contribution in [-0.2, 0) is 28.5 Å². The molecule has 3 saturated heterocycles. The lowest BCUT2D eigenvalue weighted by Crippen LogP contribution is -2.32. The van der Waals surface area contributed by atoms with Gasteiger partial charge in [-0.3, -0.25) is 4.79 Å². The van der Waals surface area contributed by atoms with Crippen molar-refractivity contribution in [1.82, 2.24) is 0 Å². The van der Waals surface area contributed by atoms with E-state index in [-0.39, 0.29) is 48.7 Å². The summed E-state index contributed by atoms with van der Waals surface area (Å²) >= 11 is 0. The van der Waals surface area contributed by atoms with Gasteiger partial charge in [0.25, 0.3) is 0 Å². The van der Waals surface area contributed by atoms with Gasteiger partial charge in [-0.2, -0.15) is 0 Å². The molecule has 4 rings (SSSR count). The van der Waals surface area contributed by atoms with Crippen molar-refractivity contribution in [1.29, 1.82) is 0 Å². The summed E-state index contributed by atoms with van der Waals surface area (Å²) in [6.07, 6.45) is 15.4. The molecule has 182 valence electrons. The maximum Gasteiger partial charge on any atom is 0.306 e. The van der Waals surface area contributed by atoms with E-state index in [1.165, 1.54) is 12.8 Å². The third-order valence-electron chi connectivity index (χ3n) is 7.56. The normalized spacial score (nSPS) is 37.4. The molecule has 32 heavy (non-hydrogen) atoms. The summed E-state index contributed by atoms with van der Waals surface area (Å²) in [4.78, 5) is 12.0. The van der Waals surface area contributed by atoms with Gasteiger partial charge < -0.3 is 23.7 Å². The van der Waals surface area contributed by atoms with Crippen LogP contribution in [0.3, 0.4) is 0 Å². The summed E-state index contributed by atoms with van der Waals surface area (Å²) in [5.41, 5.74) is 0.